The molecule has 92 valence electrons. The van der Waals surface area contributed by atoms with Crippen LogP contribution >= 0.6 is 12.4 Å². The van der Waals surface area contributed by atoms with E-state index in [0.717, 1.165) is 5.75 Å². The minimum Gasteiger partial charge on any atom is -0.497 e. The van der Waals surface area contributed by atoms with Crippen LogP contribution in [-0.2, 0) is 6.54 Å². The van der Waals surface area contributed by atoms with Crippen molar-refractivity contribution >= 4 is 12.4 Å². The lowest BCUT2D eigenvalue weighted by Gasteiger charge is -2.03. The van der Waals surface area contributed by atoms with Crippen molar-refractivity contribution in [3.63, 3.8) is 0 Å². The predicted molar refractivity (Wildman–Crippen MR) is 66.9 cm³/mol. The summed E-state index contributed by atoms with van der Waals surface area (Å²) in [5, 5.41) is 0. The quantitative estimate of drug-likeness (QED) is 0.913. The fraction of sp³-hybridized carbons (Fsp3) is 0.167. The maximum absolute atomic E-state index is 5.48. The molecule has 1 aromatic carbocycles. The van der Waals surface area contributed by atoms with Crippen molar-refractivity contribution in [2.45, 2.75) is 6.54 Å². The Hall–Kier alpha value is -1.65. The molecule has 0 unspecified atom stereocenters. The molecule has 17 heavy (non-hydrogen) atoms. The van der Waals surface area contributed by atoms with Crippen molar-refractivity contribution in [3.8, 4) is 17.4 Å². The lowest BCUT2D eigenvalue weighted by molar-refractivity contribution is 0.332. The number of nitrogens with two attached hydrogens (primary N) is 1. The molecule has 4 nitrogen and oxygen atoms in total. The second-order valence-electron chi connectivity index (χ2n) is 3.20. The number of ether oxygens (including phenoxy) is 2. The average Bonchev–Trinajstić information content (AvgIpc) is 2.78. The highest BCUT2D eigenvalue weighted by atomic mass is 35.5. The van der Waals surface area contributed by atoms with Crippen molar-refractivity contribution in [1.82, 2.24) is 0 Å². The number of hydrogen-bond acceptors (Lipinski definition) is 4. The number of rotatable bonds is 4. The standard InChI is InChI=1S/C12H13NO3.ClH/c1-14-9-2-4-10(5-3-9)15-12-7-6-11(8-13)16-12;/h2-7H,8,13H2,1H3;1H. The van der Waals surface area contributed by atoms with Gasteiger partial charge < -0.3 is 19.6 Å². The summed E-state index contributed by atoms with van der Waals surface area (Å²) in [4.78, 5) is 0. The maximum Gasteiger partial charge on any atom is 0.290 e. The molecule has 2 rings (SSSR count). The van der Waals surface area contributed by atoms with E-state index in [4.69, 9.17) is 19.6 Å². The van der Waals surface area contributed by atoms with Crippen LogP contribution in [0.4, 0.5) is 0 Å². The van der Waals surface area contributed by atoms with Crippen LogP contribution in [0, 0.1) is 0 Å². The van der Waals surface area contributed by atoms with E-state index in [1.807, 2.05) is 24.3 Å². The van der Waals surface area contributed by atoms with Crippen molar-refractivity contribution in [2.24, 2.45) is 5.73 Å². The first-order chi connectivity index (χ1) is 7.81. The van der Waals surface area contributed by atoms with Crippen molar-refractivity contribution in [1.29, 1.82) is 0 Å². The third-order valence-corrected chi connectivity index (χ3v) is 2.12. The number of furan rings is 1. The Morgan fingerprint density at radius 2 is 1.71 bits per heavy atom. The van der Waals surface area contributed by atoms with Crippen molar-refractivity contribution in [2.75, 3.05) is 7.11 Å². The molecule has 0 saturated carbocycles. The lowest BCUT2D eigenvalue weighted by Crippen LogP contribution is -1.92. The summed E-state index contributed by atoms with van der Waals surface area (Å²) in [5.74, 6) is 2.61. The molecule has 0 radical (unpaired) electrons. The Bertz CT molecular complexity index is 453. The predicted octanol–water partition coefficient (Wildman–Crippen LogP) is 2.96. The number of benzene rings is 1. The SMILES string of the molecule is COc1ccc(Oc2ccc(CN)o2)cc1.Cl. The fourth-order valence-corrected chi connectivity index (χ4v) is 1.28. The van der Waals surface area contributed by atoms with Gasteiger partial charge in [0.15, 0.2) is 0 Å². The average molecular weight is 256 g/mol. The van der Waals surface area contributed by atoms with Gasteiger partial charge >= 0.3 is 0 Å². The summed E-state index contributed by atoms with van der Waals surface area (Å²) in [6.07, 6.45) is 0. The third-order valence-electron chi connectivity index (χ3n) is 2.12. The molecule has 0 fully saturated rings. The normalized spacial score (nSPS) is 9.53. The van der Waals surface area contributed by atoms with E-state index in [1.165, 1.54) is 0 Å². The van der Waals surface area contributed by atoms with Crippen LogP contribution in [0.5, 0.6) is 17.4 Å². The molecule has 1 heterocycles. The van der Waals surface area contributed by atoms with Gasteiger partial charge in [-0.2, -0.15) is 0 Å². The van der Waals surface area contributed by atoms with E-state index in [1.54, 1.807) is 19.2 Å². The molecule has 5 heteroatoms. The van der Waals surface area contributed by atoms with Crippen LogP contribution in [-0.4, -0.2) is 7.11 Å². The van der Waals surface area contributed by atoms with Gasteiger partial charge in [0.05, 0.1) is 13.7 Å². The summed E-state index contributed by atoms with van der Waals surface area (Å²) in [6, 6.07) is 10.8. The molecule has 2 N–H and O–H groups in total. The van der Waals surface area contributed by atoms with Crippen LogP contribution in [0.25, 0.3) is 0 Å². The molecule has 0 saturated heterocycles. The highest BCUT2D eigenvalue weighted by Crippen LogP contribution is 2.25. The largest absolute Gasteiger partial charge is 0.497 e. The molecule has 1 aromatic heterocycles. The van der Waals surface area contributed by atoms with Gasteiger partial charge in [0.25, 0.3) is 5.95 Å². The first kappa shape index (κ1) is 13.4. The van der Waals surface area contributed by atoms with Gasteiger partial charge in [-0.05, 0) is 30.3 Å². The Morgan fingerprint density at radius 1 is 1.06 bits per heavy atom. The van der Waals surface area contributed by atoms with Crippen LogP contribution in [0.2, 0.25) is 0 Å². The molecule has 0 aliphatic heterocycles. The topological polar surface area (TPSA) is 57.6 Å². The number of halogens is 1. The zero-order valence-electron chi connectivity index (χ0n) is 9.38. The second kappa shape index (κ2) is 6.18. The van der Waals surface area contributed by atoms with Crippen LogP contribution in [0.3, 0.4) is 0 Å². The van der Waals surface area contributed by atoms with Gasteiger partial charge in [-0.25, -0.2) is 0 Å². The van der Waals surface area contributed by atoms with E-state index in [0.29, 0.717) is 24.0 Å². The summed E-state index contributed by atoms with van der Waals surface area (Å²) >= 11 is 0. The summed E-state index contributed by atoms with van der Waals surface area (Å²) < 4.78 is 15.8. The molecule has 0 aliphatic rings. The Balaban J connectivity index is 0.00000144. The minimum atomic E-state index is 0. The highest BCUT2D eigenvalue weighted by molar-refractivity contribution is 5.85. The molecule has 2 aromatic rings. The molecule has 0 atom stereocenters. The Morgan fingerprint density at radius 3 is 2.24 bits per heavy atom. The van der Waals surface area contributed by atoms with Crippen LogP contribution in [0.1, 0.15) is 5.76 Å². The van der Waals surface area contributed by atoms with E-state index < -0.39 is 0 Å². The van der Waals surface area contributed by atoms with Crippen molar-refractivity contribution in [3.05, 3.63) is 42.2 Å². The van der Waals surface area contributed by atoms with Crippen molar-refractivity contribution < 1.29 is 13.9 Å². The Labute approximate surface area is 106 Å². The zero-order valence-corrected chi connectivity index (χ0v) is 10.2. The lowest BCUT2D eigenvalue weighted by atomic mass is 10.3. The van der Waals surface area contributed by atoms with E-state index in [-0.39, 0.29) is 12.4 Å². The van der Waals surface area contributed by atoms with E-state index in [9.17, 15) is 0 Å². The minimum absolute atomic E-state index is 0. The molecule has 0 amide bonds. The van der Waals surface area contributed by atoms with Crippen LogP contribution in [0.15, 0.2) is 40.8 Å². The maximum atomic E-state index is 5.48. The second-order valence-corrected chi connectivity index (χ2v) is 3.20. The molecule has 0 aliphatic carbocycles. The first-order valence-corrected chi connectivity index (χ1v) is 4.92. The van der Waals surface area contributed by atoms with Gasteiger partial charge in [0.2, 0.25) is 0 Å². The number of hydrogen-bond donors (Lipinski definition) is 1. The zero-order chi connectivity index (χ0) is 11.4. The third kappa shape index (κ3) is 3.41. The van der Waals surface area contributed by atoms with Gasteiger partial charge in [0.1, 0.15) is 17.3 Å². The molecular weight excluding hydrogens is 242 g/mol. The molecule has 0 bridgehead atoms. The number of methoxy groups -OCH3 is 1. The van der Waals surface area contributed by atoms with Gasteiger partial charge in [-0.15, -0.1) is 12.4 Å². The summed E-state index contributed by atoms with van der Waals surface area (Å²) in [7, 11) is 1.62. The Kier molecular flexibility index (Phi) is 4.87. The highest BCUT2D eigenvalue weighted by Gasteiger charge is 2.03. The van der Waals surface area contributed by atoms with E-state index >= 15 is 0 Å². The molecular formula is C12H14ClNO3. The van der Waals surface area contributed by atoms with E-state index in [2.05, 4.69) is 0 Å². The first-order valence-electron chi connectivity index (χ1n) is 4.92. The summed E-state index contributed by atoms with van der Waals surface area (Å²) in [6.45, 7) is 0.367. The fourth-order valence-electron chi connectivity index (χ4n) is 1.28. The monoisotopic (exact) mass is 255 g/mol. The summed E-state index contributed by atoms with van der Waals surface area (Å²) in [5.41, 5.74) is 5.43. The molecule has 0 spiro atoms. The van der Waals surface area contributed by atoms with Gasteiger partial charge in [0, 0.05) is 6.07 Å². The smallest absolute Gasteiger partial charge is 0.290 e. The van der Waals surface area contributed by atoms with Crippen LogP contribution < -0.4 is 15.2 Å². The van der Waals surface area contributed by atoms with Gasteiger partial charge in [-0.1, -0.05) is 0 Å². The van der Waals surface area contributed by atoms with Gasteiger partial charge in [-0.3, -0.25) is 0 Å².